The minimum Gasteiger partial charge on any atom is -0.481 e. The molecule has 2 heterocycles. The first kappa shape index (κ1) is 34.2. The maximum atomic E-state index is 12.7. The Bertz CT molecular complexity index is 1240. The number of aliphatic carboxylic acids is 2. The molecule has 6 N–H and O–H groups in total. The van der Waals surface area contributed by atoms with Gasteiger partial charge in [-0.25, -0.2) is 24.8 Å². The summed E-state index contributed by atoms with van der Waals surface area (Å²) in [6.45, 7) is 10.3. The third-order valence-corrected chi connectivity index (χ3v) is 6.44. The number of aromatic nitrogens is 2. The molecule has 1 aliphatic rings. The first-order valence-corrected chi connectivity index (χ1v) is 14.0. The van der Waals surface area contributed by atoms with Gasteiger partial charge in [-0.05, 0) is 65.8 Å². The Morgan fingerprint density at radius 2 is 1.36 bits per heavy atom. The van der Waals surface area contributed by atoms with Crippen molar-refractivity contribution in [2.75, 3.05) is 0 Å². The number of rotatable bonds is 12. The Morgan fingerprint density at radius 3 is 1.80 bits per heavy atom. The van der Waals surface area contributed by atoms with Crippen molar-refractivity contribution in [1.29, 1.82) is 0 Å². The van der Waals surface area contributed by atoms with Crippen LogP contribution >= 0.6 is 0 Å². The molecule has 1 fully saturated rings. The molecule has 0 spiro atoms. The molecule has 15 heteroatoms. The minimum absolute atomic E-state index is 0.262. The summed E-state index contributed by atoms with van der Waals surface area (Å²) in [4.78, 5) is 59.0. The third-order valence-electron chi connectivity index (χ3n) is 6.44. The average Bonchev–Trinajstić information content (AvgIpc) is 2.88. The molecule has 2 aromatic rings. The van der Waals surface area contributed by atoms with Gasteiger partial charge in [-0.15, -0.1) is 0 Å². The van der Waals surface area contributed by atoms with Gasteiger partial charge >= 0.3 is 24.1 Å². The lowest BCUT2D eigenvalue weighted by atomic mass is 9.62. The lowest BCUT2D eigenvalue weighted by molar-refractivity contribution is -0.159. The highest BCUT2D eigenvalue weighted by molar-refractivity contribution is 5.83. The van der Waals surface area contributed by atoms with Crippen molar-refractivity contribution in [2.24, 2.45) is 11.8 Å². The number of carboxylic acids is 2. The summed E-state index contributed by atoms with van der Waals surface area (Å²) in [6.07, 6.45) is 1.32. The molecular weight excluding hydrogens is 574 g/mol. The quantitative estimate of drug-likeness (QED) is 0.189. The van der Waals surface area contributed by atoms with E-state index in [0.717, 1.165) is 0 Å². The molecule has 2 aromatic heterocycles. The molecule has 3 rings (SSSR count). The van der Waals surface area contributed by atoms with Gasteiger partial charge in [0.1, 0.15) is 17.2 Å². The monoisotopic (exact) mass is 615 g/mol. The highest BCUT2D eigenvalue weighted by Gasteiger charge is 2.60. The molecule has 0 aliphatic heterocycles. The standard InChI is InChI=1S/C29H41N7O8/c1-28(2,3)43-26(41)32-21-19(23(25(39)40)33-27(42)44-29(4,5)6)22(20(21)24(37)38)34-35-36(15-17-11-7-9-13-30-17)16-18-12-8-10-14-31-18/h7-14,19-23,34-35H,15-16H2,1-6H3,(H,32,41)(H,33,42)(H,37,38)(H,39,40). The van der Waals surface area contributed by atoms with Crippen molar-refractivity contribution in [1.82, 2.24) is 36.6 Å². The minimum atomic E-state index is -1.65. The number of carbonyl (C=O) groups is 4. The van der Waals surface area contributed by atoms with E-state index >= 15 is 0 Å². The second kappa shape index (κ2) is 14.4. The zero-order valence-corrected chi connectivity index (χ0v) is 25.6. The van der Waals surface area contributed by atoms with Crippen LogP contribution in [-0.2, 0) is 32.2 Å². The molecular formula is C29H41N7O8. The summed E-state index contributed by atoms with van der Waals surface area (Å²) in [7, 11) is 0. The van der Waals surface area contributed by atoms with Gasteiger partial charge in [-0.1, -0.05) is 12.1 Å². The summed E-state index contributed by atoms with van der Waals surface area (Å²) >= 11 is 0. The first-order chi connectivity index (χ1) is 20.5. The second-order valence-corrected chi connectivity index (χ2v) is 12.4. The Hall–Kier alpha value is -4.34. The molecule has 5 atom stereocenters. The predicted octanol–water partition coefficient (Wildman–Crippen LogP) is 2.06. The number of pyridine rings is 2. The van der Waals surface area contributed by atoms with Crippen LogP contribution in [0.1, 0.15) is 52.9 Å². The lowest BCUT2D eigenvalue weighted by Crippen LogP contribution is -2.77. The topological polar surface area (TPSA) is 204 Å². The average molecular weight is 616 g/mol. The zero-order valence-electron chi connectivity index (χ0n) is 25.6. The number of alkyl carbamates (subject to hydrolysis) is 2. The van der Waals surface area contributed by atoms with E-state index in [4.69, 9.17) is 9.47 Å². The van der Waals surface area contributed by atoms with Crippen molar-refractivity contribution in [2.45, 2.75) is 84.0 Å². The van der Waals surface area contributed by atoms with E-state index in [1.54, 1.807) is 71.1 Å². The van der Waals surface area contributed by atoms with Gasteiger partial charge in [0, 0.05) is 24.4 Å². The third kappa shape index (κ3) is 10.1. The van der Waals surface area contributed by atoms with E-state index < -0.39 is 65.3 Å². The van der Waals surface area contributed by atoms with Gasteiger partial charge in [-0.2, -0.15) is 5.53 Å². The smallest absolute Gasteiger partial charge is 0.408 e. The largest absolute Gasteiger partial charge is 0.481 e. The van der Waals surface area contributed by atoms with E-state index in [9.17, 15) is 29.4 Å². The number of hydrogen-bond donors (Lipinski definition) is 6. The van der Waals surface area contributed by atoms with Gasteiger partial charge in [0.05, 0.1) is 36.4 Å². The van der Waals surface area contributed by atoms with Gasteiger partial charge in [0.25, 0.3) is 0 Å². The number of amides is 2. The van der Waals surface area contributed by atoms with Crippen LogP contribution < -0.4 is 21.6 Å². The van der Waals surface area contributed by atoms with Crippen LogP contribution in [-0.4, -0.2) is 78.6 Å². The molecule has 1 aliphatic carbocycles. The molecule has 44 heavy (non-hydrogen) atoms. The van der Waals surface area contributed by atoms with Crippen molar-refractivity contribution in [3.63, 3.8) is 0 Å². The van der Waals surface area contributed by atoms with Crippen LogP contribution in [0.3, 0.4) is 0 Å². The van der Waals surface area contributed by atoms with Crippen molar-refractivity contribution < 1.29 is 38.9 Å². The molecule has 240 valence electrons. The number of nitrogens with zero attached hydrogens (tertiary/aromatic N) is 3. The number of ether oxygens (including phenoxy) is 2. The maximum absolute atomic E-state index is 12.7. The number of nitrogens with one attached hydrogen (secondary N) is 4. The summed E-state index contributed by atoms with van der Waals surface area (Å²) < 4.78 is 10.6. The first-order valence-electron chi connectivity index (χ1n) is 14.0. The van der Waals surface area contributed by atoms with E-state index in [1.165, 1.54) is 0 Å². The van der Waals surface area contributed by atoms with Gasteiger partial charge in [0.15, 0.2) is 0 Å². The second-order valence-electron chi connectivity index (χ2n) is 12.4. The molecule has 0 radical (unpaired) electrons. The zero-order chi connectivity index (χ0) is 32.7. The molecule has 15 nitrogen and oxygen atoms in total. The summed E-state index contributed by atoms with van der Waals surface area (Å²) in [6, 6.07) is 6.83. The Labute approximate surface area is 255 Å². The molecule has 2 amide bonds. The molecule has 0 saturated heterocycles. The summed E-state index contributed by atoms with van der Waals surface area (Å²) in [5.41, 5.74) is 5.48. The van der Waals surface area contributed by atoms with Crippen LogP contribution in [0.5, 0.6) is 0 Å². The Kier molecular flexibility index (Phi) is 11.2. The van der Waals surface area contributed by atoms with Crippen LogP contribution in [0.4, 0.5) is 9.59 Å². The molecule has 0 aromatic carbocycles. The van der Waals surface area contributed by atoms with E-state index in [2.05, 4.69) is 31.6 Å². The van der Waals surface area contributed by atoms with E-state index in [0.29, 0.717) is 11.4 Å². The lowest BCUT2D eigenvalue weighted by Gasteiger charge is -2.52. The fourth-order valence-corrected chi connectivity index (χ4v) is 4.75. The fourth-order valence-electron chi connectivity index (χ4n) is 4.75. The summed E-state index contributed by atoms with van der Waals surface area (Å²) in [5, 5.41) is 26.9. The number of carbonyl (C=O) groups excluding carboxylic acids is 2. The molecule has 0 bridgehead atoms. The predicted molar refractivity (Wildman–Crippen MR) is 156 cm³/mol. The number of hydrazine groups is 2. The van der Waals surface area contributed by atoms with E-state index in [-0.39, 0.29) is 13.1 Å². The normalized spacial score (nSPS) is 20.6. The highest BCUT2D eigenvalue weighted by atomic mass is 16.6. The highest BCUT2D eigenvalue weighted by Crippen LogP contribution is 2.38. The van der Waals surface area contributed by atoms with Crippen molar-refractivity contribution >= 4 is 24.1 Å². The van der Waals surface area contributed by atoms with Crippen molar-refractivity contribution in [3.8, 4) is 0 Å². The SMILES string of the molecule is CC(C)(C)OC(=O)NC(C(=O)O)C1C(NNN(Cc2ccccn2)Cc2ccccn2)C(C(=O)O)C1NC(=O)OC(C)(C)C. The molecule has 5 unspecified atom stereocenters. The van der Waals surface area contributed by atoms with Crippen LogP contribution in [0.15, 0.2) is 48.8 Å². The number of hydrogen-bond acceptors (Lipinski definition) is 11. The van der Waals surface area contributed by atoms with E-state index in [1.807, 2.05) is 24.3 Å². The Balaban J connectivity index is 1.91. The summed E-state index contributed by atoms with van der Waals surface area (Å²) in [5.74, 6) is -5.23. The number of carboxylic acid groups (broad SMARTS) is 2. The van der Waals surface area contributed by atoms with Gasteiger partial charge in [-0.3, -0.25) is 14.8 Å². The Morgan fingerprint density at radius 1 is 0.841 bits per heavy atom. The van der Waals surface area contributed by atoms with Crippen molar-refractivity contribution in [3.05, 3.63) is 60.2 Å². The van der Waals surface area contributed by atoms with Gasteiger partial charge < -0.3 is 30.3 Å². The van der Waals surface area contributed by atoms with Gasteiger partial charge in [0.2, 0.25) is 0 Å². The maximum Gasteiger partial charge on any atom is 0.408 e. The molecule has 1 saturated carbocycles. The van der Waals surface area contributed by atoms with Crippen LogP contribution in [0.2, 0.25) is 0 Å². The van der Waals surface area contributed by atoms with Crippen LogP contribution in [0, 0.1) is 11.8 Å². The fraction of sp³-hybridized carbons (Fsp3) is 0.517. The van der Waals surface area contributed by atoms with Crippen LogP contribution in [0.25, 0.3) is 0 Å².